The van der Waals surface area contributed by atoms with E-state index >= 15 is 0 Å². The van der Waals surface area contributed by atoms with Crippen molar-refractivity contribution in [1.29, 1.82) is 0 Å². The number of carbonyl (C=O) groups excluding carboxylic acids is 1. The van der Waals surface area contributed by atoms with Crippen molar-refractivity contribution in [2.24, 2.45) is 5.92 Å². The molecule has 1 fully saturated rings. The van der Waals surface area contributed by atoms with Gasteiger partial charge >= 0.3 is 0 Å². The van der Waals surface area contributed by atoms with Crippen LogP contribution in [0.3, 0.4) is 0 Å². The summed E-state index contributed by atoms with van der Waals surface area (Å²) in [5.41, 5.74) is 0.378. The highest BCUT2D eigenvalue weighted by Gasteiger charge is 2.24. The summed E-state index contributed by atoms with van der Waals surface area (Å²) in [5, 5.41) is 11.6. The quantitative estimate of drug-likeness (QED) is 0.256. The maximum absolute atomic E-state index is 13.7. The first kappa shape index (κ1) is 29.3. The first-order chi connectivity index (χ1) is 20.4. The largest absolute Gasteiger partial charge is 0.367 e. The molecule has 1 saturated carbocycles. The molecular formula is C32H34F2N6OS. The van der Waals surface area contributed by atoms with Gasteiger partial charge in [-0.25, -0.2) is 23.7 Å². The van der Waals surface area contributed by atoms with Gasteiger partial charge in [-0.3, -0.25) is 4.79 Å². The van der Waals surface area contributed by atoms with Crippen LogP contribution in [0.4, 0.5) is 20.4 Å². The number of hydrogen-bond acceptors (Lipinski definition) is 7. The molecule has 7 nitrogen and oxygen atoms in total. The fraction of sp³-hybridized carbons (Fsp3) is 0.312. The molecule has 2 aliphatic carbocycles. The topological polar surface area (TPSA) is 91.8 Å². The summed E-state index contributed by atoms with van der Waals surface area (Å²) in [5.74, 6) is -1.16. The summed E-state index contributed by atoms with van der Waals surface area (Å²) in [6.45, 7) is 8.30. The number of amides is 1. The second-order valence-corrected chi connectivity index (χ2v) is 11.6. The molecule has 0 aliphatic heterocycles. The fourth-order valence-electron chi connectivity index (χ4n) is 4.77. The Morgan fingerprint density at radius 1 is 1.17 bits per heavy atom. The van der Waals surface area contributed by atoms with Crippen LogP contribution in [0.5, 0.6) is 0 Å². The van der Waals surface area contributed by atoms with Gasteiger partial charge < -0.3 is 16.0 Å². The number of halogens is 2. The van der Waals surface area contributed by atoms with E-state index in [9.17, 15) is 13.6 Å². The van der Waals surface area contributed by atoms with Crippen molar-refractivity contribution in [1.82, 2.24) is 20.3 Å². The molecule has 42 heavy (non-hydrogen) atoms. The smallest absolute Gasteiger partial charge is 0.255 e. The Bertz CT molecular complexity index is 1640. The number of nitrogens with zero attached hydrogens (tertiary/aromatic N) is 3. The molecule has 0 aromatic carbocycles. The highest BCUT2D eigenvalue weighted by Crippen LogP contribution is 2.29. The molecule has 1 amide bonds. The summed E-state index contributed by atoms with van der Waals surface area (Å²) >= 11 is 1.65. The van der Waals surface area contributed by atoms with Crippen LogP contribution < -0.4 is 26.5 Å². The summed E-state index contributed by atoms with van der Waals surface area (Å²) in [4.78, 5) is 28.6. The van der Waals surface area contributed by atoms with E-state index in [4.69, 9.17) is 0 Å². The van der Waals surface area contributed by atoms with E-state index in [1.807, 2.05) is 19.1 Å². The molecule has 218 valence electrons. The van der Waals surface area contributed by atoms with Crippen molar-refractivity contribution in [3.63, 3.8) is 0 Å². The van der Waals surface area contributed by atoms with Gasteiger partial charge in [0.05, 0.1) is 17.5 Å². The monoisotopic (exact) mass is 588 g/mol. The number of rotatable bonds is 11. The van der Waals surface area contributed by atoms with Gasteiger partial charge in [0, 0.05) is 45.1 Å². The molecule has 2 unspecified atom stereocenters. The van der Waals surface area contributed by atoms with Crippen molar-refractivity contribution in [3.8, 4) is 0 Å². The SMILES string of the molecule is C=CC(/C=c1/c(NC2CC2)ncn/c1=C/C)c1ccc(CNc2ncccc2C(=O)N[C@@H](C)C2C=C(F)C(F)=CC2)s1. The number of hydrogen-bond donors (Lipinski definition) is 3. The van der Waals surface area contributed by atoms with Crippen LogP contribution >= 0.6 is 11.3 Å². The predicted octanol–water partition coefficient (Wildman–Crippen LogP) is 5.52. The Morgan fingerprint density at radius 3 is 2.74 bits per heavy atom. The maximum Gasteiger partial charge on any atom is 0.255 e. The van der Waals surface area contributed by atoms with Gasteiger partial charge in [-0.1, -0.05) is 18.2 Å². The normalized spacial score (nSPS) is 19.0. The molecule has 0 saturated heterocycles. The Hall–Kier alpha value is -4.18. The first-order valence-corrected chi connectivity index (χ1v) is 14.9. The number of anilines is 2. The molecular weight excluding hydrogens is 554 g/mol. The lowest BCUT2D eigenvalue weighted by molar-refractivity contribution is 0.0932. The van der Waals surface area contributed by atoms with Gasteiger partial charge in [0.15, 0.2) is 11.7 Å². The third kappa shape index (κ3) is 6.99. The van der Waals surface area contributed by atoms with Crippen molar-refractivity contribution in [3.05, 3.63) is 99.1 Å². The third-order valence-corrected chi connectivity index (χ3v) is 8.55. The molecule has 3 aromatic rings. The number of aromatic nitrogens is 3. The molecule has 3 N–H and O–H groups in total. The van der Waals surface area contributed by atoms with Crippen LogP contribution in [0.15, 0.2) is 73.3 Å². The van der Waals surface area contributed by atoms with E-state index in [0.29, 0.717) is 30.4 Å². The summed E-state index contributed by atoms with van der Waals surface area (Å²) in [6.07, 6.45) is 14.3. The second kappa shape index (κ2) is 13.2. The standard InChI is InChI=1S/C32H34F2N6OS/c1-4-20(15-25-28(5-2)37-18-38-31(25)40-22-9-10-22)29-13-11-23(42-29)17-36-30-24(7-6-14-35-30)32(41)39-19(3)21-8-12-26(33)27(34)16-21/h4-7,11-16,18-22H,1,8-10,17H2,2-3H3,(H,35,36)(H,39,41)(H,37,38,40)/b25-15+,28-5+/t19-,20?,21?/m0/s1. The zero-order valence-corrected chi connectivity index (χ0v) is 24.4. The molecule has 5 rings (SSSR count). The number of carbonyl (C=O) groups is 1. The Balaban J connectivity index is 1.28. The Kier molecular flexibility index (Phi) is 9.22. The molecule has 10 heteroatoms. The number of nitrogens with one attached hydrogen (secondary N) is 3. The molecule has 0 bridgehead atoms. The van der Waals surface area contributed by atoms with Crippen LogP contribution in [0.25, 0.3) is 12.2 Å². The first-order valence-electron chi connectivity index (χ1n) is 14.1. The molecule has 3 aromatic heterocycles. The van der Waals surface area contributed by atoms with Crippen molar-refractivity contribution >= 4 is 41.0 Å². The minimum Gasteiger partial charge on any atom is -0.367 e. The van der Waals surface area contributed by atoms with E-state index in [0.717, 1.165) is 39.0 Å². The van der Waals surface area contributed by atoms with E-state index in [1.54, 1.807) is 42.9 Å². The minimum atomic E-state index is -0.890. The molecule has 0 spiro atoms. The Morgan fingerprint density at radius 2 is 2.00 bits per heavy atom. The highest BCUT2D eigenvalue weighted by atomic mass is 32.1. The van der Waals surface area contributed by atoms with Crippen LogP contribution in [0.2, 0.25) is 0 Å². The third-order valence-electron chi connectivity index (χ3n) is 7.36. The van der Waals surface area contributed by atoms with Gasteiger partial charge in [0.25, 0.3) is 5.91 Å². The van der Waals surface area contributed by atoms with Gasteiger partial charge in [0.2, 0.25) is 0 Å². The van der Waals surface area contributed by atoms with E-state index < -0.39 is 17.7 Å². The zero-order valence-electron chi connectivity index (χ0n) is 23.6. The van der Waals surface area contributed by atoms with Crippen molar-refractivity contribution in [2.75, 3.05) is 10.6 Å². The molecule has 3 heterocycles. The van der Waals surface area contributed by atoms with Gasteiger partial charge in [-0.2, -0.15) is 0 Å². The van der Waals surface area contributed by atoms with E-state index in [1.165, 1.54) is 12.2 Å². The number of pyridine rings is 1. The molecule has 2 aliphatic rings. The Labute approximate surface area is 247 Å². The van der Waals surface area contributed by atoms with Gasteiger partial charge in [-0.15, -0.1) is 17.9 Å². The summed E-state index contributed by atoms with van der Waals surface area (Å²) < 4.78 is 27.1. The maximum atomic E-state index is 13.7. The lowest BCUT2D eigenvalue weighted by Crippen LogP contribution is -2.38. The van der Waals surface area contributed by atoms with Crippen LogP contribution in [-0.2, 0) is 6.54 Å². The fourth-order valence-corrected chi connectivity index (χ4v) is 5.79. The van der Waals surface area contributed by atoms with Crippen LogP contribution in [-0.4, -0.2) is 32.9 Å². The number of allylic oxidation sites excluding steroid dienone is 4. The zero-order chi connectivity index (χ0) is 29.6. The lowest BCUT2D eigenvalue weighted by Gasteiger charge is -2.23. The molecule has 3 atom stereocenters. The average Bonchev–Trinajstić information content (AvgIpc) is 3.69. The van der Waals surface area contributed by atoms with E-state index in [-0.39, 0.29) is 17.7 Å². The van der Waals surface area contributed by atoms with Crippen molar-refractivity contribution in [2.45, 2.75) is 57.7 Å². The van der Waals surface area contributed by atoms with Crippen LogP contribution in [0, 0.1) is 5.92 Å². The minimum absolute atomic E-state index is 0.0344. The predicted molar refractivity (Wildman–Crippen MR) is 165 cm³/mol. The van der Waals surface area contributed by atoms with E-state index in [2.05, 4.69) is 55.7 Å². The van der Waals surface area contributed by atoms with Gasteiger partial charge in [0.1, 0.15) is 18.0 Å². The summed E-state index contributed by atoms with van der Waals surface area (Å²) in [7, 11) is 0. The second-order valence-electron chi connectivity index (χ2n) is 10.4. The number of thiophene rings is 1. The average molecular weight is 589 g/mol. The summed E-state index contributed by atoms with van der Waals surface area (Å²) in [6, 6.07) is 7.59. The van der Waals surface area contributed by atoms with Gasteiger partial charge in [-0.05, 0) is 69.5 Å². The van der Waals surface area contributed by atoms with Crippen molar-refractivity contribution < 1.29 is 13.6 Å². The van der Waals surface area contributed by atoms with Crippen LogP contribution in [0.1, 0.15) is 59.1 Å². The lowest BCUT2D eigenvalue weighted by atomic mass is 9.93. The highest BCUT2D eigenvalue weighted by molar-refractivity contribution is 7.12. The molecule has 0 radical (unpaired) electrons.